The summed E-state index contributed by atoms with van der Waals surface area (Å²) in [5, 5.41) is 0. The van der Waals surface area contributed by atoms with Gasteiger partial charge in [-0.1, -0.05) is 0 Å². The molecular formula is C3H7Li2. The Kier molecular flexibility index (Phi) is 62.2. The van der Waals surface area contributed by atoms with E-state index in [4.69, 9.17) is 0 Å². The van der Waals surface area contributed by atoms with Crippen LogP contribution in [0.5, 0.6) is 0 Å². The van der Waals surface area contributed by atoms with Crippen LogP contribution in [0.2, 0.25) is 0 Å². The third-order valence-electron chi connectivity index (χ3n) is 0. The fraction of sp³-hybridized carbons (Fsp3) is 0.667. The molecule has 0 rings (SSSR count). The molecule has 0 nitrogen and oxygen atoms in total. The summed E-state index contributed by atoms with van der Waals surface area (Å²) in [5.74, 6) is 0. The van der Waals surface area contributed by atoms with Gasteiger partial charge in [0.15, 0.2) is 0 Å². The first-order chi connectivity index (χ1) is 1.41. The summed E-state index contributed by atoms with van der Waals surface area (Å²) in [6.45, 7) is 4.00. The van der Waals surface area contributed by atoms with Crippen molar-refractivity contribution in [3.63, 3.8) is 0 Å². The summed E-state index contributed by atoms with van der Waals surface area (Å²) in [5.41, 5.74) is 0. The van der Waals surface area contributed by atoms with Crippen LogP contribution in [0.25, 0.3) is 0 Å². The molecule has 0 heterocycles. The van der Waals surface area contributed by atoms with E-state index >= 15 is 0 Å². The average molecular weight is 57.0 g/mol. The maximum Gasteiger partial charge on any atom is 1.00 e. The van der Waals surface area contributed by atoms with Crippen LogP contribution in [0, 0.1) is 6.42 Å². The Labute approximate surface area is 58.1 Å². The van der Waals surface area contributed by atoms with Gasteiger partial charge in [-0.05, 0) is 0 Å². The summed E-state index contributed by atoms with van der Waals surface area (Å²) >= 11 is 0. The summed E-state index contributed by atoms with van der Waals surface area (Å²) in [6, 6.07) is 0. The van der Waals surface area contributed by atoms with Gasteiger partial charge < -0.3 is 6.42 Å². The molecule has 0 saturated carbocycles. The molecule has 5 heavy (non-hydrogen) atoms. The molecule has 21 valence electrons. The molecule has 2 heteroatoms. The van der Waals surface area contributed by atoms with Crippen molar-refractivity contribution in [2.45, 2.75) is 13.8 Å². The largest absolute Gasteiger partial charge is 1.00 e. The Morgan fingerprint density at radius 3 is 1.20 bits per heavy atom. The molecule has 0 bridgehead atoms. The number of hydrogen-bond acceptors (Lipinski definition) is 0. The van der Waals surface area contributed by atoms with Gasteiger partial charge in [-0.2, -0.15) is 13.8 Å². The molecular weight excluding hydrogens is 49.9 g/mol. The molecule has 1 radical (unpaired) electrons. The van der Waals surface area contributed by atoms with E-state index in [1.807, 2.05) is 20.3 Å². The van der Waals surface area contributed by atoms with Crippen molar-refractivity contribution in [2.75, 3.05) is 0 Å². The standard InChI is InChI=1S/C3H7.2Li/c1-3-2;;/h3H,1-2H3;;/q-1;;+1. The Morgan fingerprint density at radius 2 is 1.20 bits per heavy atom. The molecule has 0 aliphatic carbocycles. The average Bonchev–Trinajstić information content (AvgIpc) is 0.918. The monoisotopic (exact) mass is 57.1 g/mol. The van der Waals surface area contributed by atoms with E-state index in [9.17, 15) is 0 Å². The van der Waals surface area contributed by atoms with Crippen LogP contribution in [-0.2, 0) is 0 Å². The van der Waals surface area contributed by atoms with Gasteiger partial charge in [0.25, 0.3) is 0 Å². The van der Waals surface area contributed by atoms with Gasteiger partial charge in [0.1, 0.15) is 0 Å². The summed E-state index contributed by atoms with van der Waals surface area (Å²) in [6.07, 6.45) is 2.00. The number of hydrogen-bond donors (Lipinski definition) is 0. The van der Waals surface area contributed by atoms with Crippen molar-refractivity contribution in [1.29, 1.82) is 0 Å². The number of rotatable bonds is 0. The first kappa shape index (κ1) is 16.4. The molecule has 0 amide bonds. The SMILES string of the molecule is C[CH-]C.[Li+].[Li]. The predicted octanol–water partition coefficient (Wildman–Crippen LogP) is -2.15. The molecule has 0 aromatic rings. The zero-order valence-electron chi connectivity index (χ0n) is 4.58. The van der Waals surface area contributed by atoms with Crippen molar-refractivity contribution in [3.8, 4) is 0 Å². The fourth-order valence-electron chi connectivity index (χ4n) is 0. The van der Waals surface area contributed by atoms with Crippen LogP contribution in [0.3, 0.4) is 0 Å². The molecule has 0 aromatic heterocycles. The molecule has 0 fully saturated rings. The smallest absolute Gasteiger partial charge is 0.335 e. The summed E-state index contributed by atoms with van der Waals surface area (Å²) < 4.78 is 0. The van der Waals surface area contributed by atoms with Crippen molar-refractivity contribution >= 4 is 18.9 Å². The maximum absolute atomic E-state index is 2.00. The molecule has 0 atom stereocenters. The maximum atomic E-state index is 2.00. The van der Waals surface area contributed by atoms with Crippen molar-refractivity contribution in [3.05, 3.63) is 6.42 Å². The van der Waals surface area contributed by atoms with Crippen LogP contribution in [0.1, 0.15) is 13.8 Å². The van der Waals surface area contributed by atoms with E-state index in [2.05, 4.69) is 0 Å². The van der Waals surface area contributed by atoms with Crippen LogP contribution >= 0.6 is 0 Å². The third-order valence-corrected chi connectivity index (χ3v) is 0. The Morgan fingerprint density at radius 1 is 1.20 bits per heavy atom. The van der Waals surface area contributed by atoms with Gasteiger partial charge in [-0.25, -0.2) is 0 Å². The predicted molar refractivity (Wildman–Crippen MR) is 21.4 cm³/mol. The van der Waals surface area contributed by atoms with Gasteiger partial charge in [-0.3, -0.25) is 0 Å². The van der Waals surface area contributed by atoms with Crippen molar-refractivity contribution < 1.29 is 18.9 Å². The van der Waals surface area contributed by atoms with Crippen LogP contribution in [-0.4, -0.2) is 18.9 Å². The molecule has 0 aromatic carbocycles. The van der Waals surface area contributed by atoms with Crippen molar-refractivity contribution in [1.82, 2.24) is 0 Å². The van der Waals surface area contributed by atoms with Gasteiger partial charge in [0.05, 0.1) is 0 Å². The Hall–Kier alpha value is 1.19. The van der Waals surface area contributed by atoms with Crippen molar-refractivity contribution in [2.24, 2.45) is 0 Å². The van der Waals surface area contributed by atoms with Crippen LogP contribution in [0.15, 0.2) is 0 Å². The molecule has 0 saturated heterocycles. The minimum Gasteiger partial charge on any atom is -0.335 e. The van der Waals surface area contributed by atoms with Gasteiger partial charge >= 0.3 is 18.9 Å². The van der Waals surface area contributed by atoms with Gasteiger partial charge in [0.2, 0.25) is 0 Å². The van der Waals surface area contributed by atoms with Gasteiger partial charge in [-0.15, -0.1) is 0 Å². The fourth-order valence-corrected chi connectivity index (χ4v) is 0. The third kappa shape index (κ3) is 37.1. The first-order valence-electron chi connectivity index (χ1n) is 1.15. The second-order valence-corrected chi connectivity index (χ2v) is 0.577. The topological polar surface area (TPSA) is 0 Å². The minimum atomic E-state index is 0. The van der Waals surface area contributed by atoms with E-state index in [0.717, 1.165) is 0 Å². The van der Waals surface area contributed by atoms with E-state index in [0.29, 0.717) is 0 Å². The Bertz CT molecular complexity index is 4.85. The molecule has 0 N–H and O–H groups in total. The first-order valence-corrected chi connectivity index (χ1v) is 1.15. The Balaban J connectivity index is -0.0000000200. The molecule has 0 unspecified atom stereocenters. The summed E-state index contributed by atoms with van der Waals surface area (Å²) in [7, 11) is 0. The van der Waals surface area contributed by atoms with E-state index in [1.54, 1.807) is 0 Å². The zero-order valence-corrected chi connectivity index (χ0v) is 4.58. The second kappa shape index (κ2) is 19.0. The minimum absolute atomic E-state index is 0. The van der Waals surface area contributed by atoms with Gasteiger partial charge in [0, 0.05) is 18.9 Å². The van der Waals surface area contributed by atoms with E-state index in [-0.39, 0.29) is 37.7 Å². The molecule has 0 spiro atoms. The van der Waals surface area contributed by atoms with Crippen LogP contribution < -0.4 is 18.9 Å². The summed E-state index contributed by atoms with van der Waals surface area (Å²) in [4.78, 5) is 0. The second-order valence-electron chi connectivity index (χ2n) is 0.577. The van der Waals surface area contributed by atoms with Crippen LogP contribution in [0.4, 0.5) is 0 Å². The zero-order chi connectivity index (χ0) is 2.71. The molecule has 0 aliphatic heterocycles. The van der Waals surface area contributed by atoms with E-state index < -0.39 is 0 Å². The molecule has 0 aliphatic rings. The normalized spacial score (nSPS) is 3.60. The quantitative estimate of drug-likeness (QED) is 0.220. The van der Waals surface area contributed by atoms with E-state index in [1.165, 1.54) is 0 Å².